The van der Waals surface area contributed by atoms with Gasteiger partial charge in [-0.1, -0.05) is 19.1 Å². The van der Waals surface area contributed by atoms with Gasteiger partial charge in [-0.2, -0.15) is 11.8 Å². The van der Waals surface area contributed by atoms with Gasteiger partial charge in [-0.25, -0.2) is 13.6 Å². The lowest BCUT2D eigenvalue weighted by Crippen LogP contribution is -2.32. The number of rotatable bonds is 4. The molecule has 1 aromatic carbocycles. The number of primary sulfonamides is 1. The molecule has 1 aliphatic heterocycles. The standard InChI is InChI=1S/C12H18N2O2S2/c1-9-12(5-6-17-9)14-8-10-3-2-4-11(7-10)18(13,15)16/h2-4,7,9,12,14H,5-6,8H2,1H3,(H2,13,15,16). The van der Waals surface area contributed by atoms with E-state index in [2.05, 4.69) is 12.2 Å². The molecule has 0 aromatic heterocycles. The molecule has 0 saturated carbocycles. The topological polar surface area (TPSA) is 72.2 Å². The summed E-state index contributed by atoms with van der Waals surface area (Å²) in [6.45, 7) is 2.90. The van der Waals surface area contributed by atoms with Gasteiger partial charge in [-0.05, 0) is 29.9 Å². The van der Waals surface area contributed by atoms with E-state index in [0.29, 0.717) is 17.8 Å². The highest BCUT2D eigenvalue weighted by Crippen LogP contribution is 2.26. The third-order valence-corrected chi connectivity index (χ3v) is 5.41. The van der Waals surface area contributed by atoms with Crippen LogP contribution in [0.15, 0.2) is 29.2 Å². The van der Waals surface area contributed by atoms with Crippen LogP contribution in [0, 0.1) is 0 Å². The molecule has 6 heteroatoms. The van der Waals surface area contributed by atoms with Crippen molar-refractivity contribution in [2.75, 3.05) is 5.75 Å². The van der Waals surface area contributed by atoms with E-state index in [1.807, 2.05) is 17.8 Å². The highest BCUT2D eigenvalue weighted by molar-refractivity contribution is 8.00. The fourth-order valence-electron chi connectivity index (χ4n) is 2.08. The van der Waals surface area contributed by atoms with E-state index in [1.54, 1.807) is 12.1 Å². The van der Waals surface area contributed by atoms with Crippen LogP contribution in [0.25, 0.3) is 0 Å². The van der Waals surface area contributed by atoms with Crippen LogP contribution in [0.2, 0.25) is 0 Å². The number of sulfonamides is 1. The summed E-state index contributed by atoms with van der Waals surface area (Å²) in [6, 6.07) is 7.30. The molecule has 1 aliphatic rings. The molecule has 2 atom stereocenters. The van der Waals surface area contributed by atoms with E-state index < -0.39 is 10.0 Å². The summed E-state index contributed by atoms with van der Waals surface area (Å²) in [7, 11) is -3.61. The molecule has 2 unspecified atom stereocenters. The maximum Gasteiger partial charge on any atom is 0.238 e. The predicted molar refractivity (Wildman–Crippen MR) is 75.0 cm³/mol. The molecule has 1 heterocycles. The quantitative estimate of drug-likeness (QED) is 0.875. The van der Waals surface area contributed by atoms with Crippen LogP contribution in [0.5, 0.6) is 0 Å². The second kappa shape index (κ2) is 5.61. The van der Waals surface area contributed by atoms with Crippen LogP contribution < -0.4 is 10.5 Å². The summed E-state index contributed by atoms with van der Waals surface area (Å²) in [4.78, 5) is 0.177. The zero-order valence-corrected chi connectivity index (χ0v) is 11.9. The Morgan fingerprint density at radius 3 is 2.89 bits per heavy atom. The SMILES string of the molecule is CC1SCCC1NCc1cccc(S(N)(=O)=O)c1. The first kappa shape index (κ1) is 13.9. The molecule has 1 fully saturated rings. The van der Waals surface area contributed by atoms with Crippen molar-refractivity contribution in [3.8, 4) is 0 Å². The molecule has 100 valence electrons. The summed E-state index contributed by atoms with van der Waals surface area (Å²) >= 11 is 1.97. The molecular weight excluding hydrogens is 268 g/mol. The van der Waals surface area contributed by atoms with Gasteiger partial charge in [-0.3, -0.25) is 0 Å². The average Bonchev–Trinajstić information content (AvgIpc) is 2.72. The van der Waals surface area contributed by atoms with Crippen molar-refractivity contribution in [3.05, 3.63) is 29.8 Å². The molecule has 0 aliphatic carbocycles. The summed E-state index contributed by atoms with van der Waals surface area (Å²) in [5.74, 6) is 1.19. The van der Waals surface area contributed by atoms with Crippen LogP contribution in [-0.4, -0.2) is 25.5 Å². The van der Waals surface area contributed by atoms with Crippen LogP contribution >= 0.6 is 11.8 Å². The summed E-state index contributed by atoms with van der Waals surface area (Å²) in [6.07, 6.45) is 1.17. The van der Waals surface area contributed by atoms with Crippen LogP contribution in [0.1, 0.15) is 18.9 Å². The summed E-state index contributed by atoms with van der Waals surface area (Å²) < 4.78 is 22.5. The minimum Gasteiger partial charge on any atom is -0.309 e. The van der Waals surface area contributed by atoms with Crippen molar-refractivity contribution in [1.29, 1.82) is 0 Å². The van der Waals surface area contributed by atoms with Gasteiger partial charge in [0.15, 0.2) is 0 Å². The lowest BCUT2D eigenvalue weighted by atomic mass is 10.1. The van der Waals surface area contributed by atoms with E-state index in [0.717, 1.165) is 5.56 Å². The van der Waals surface area contributed by atoms with Gasteiger partial charge in [0.25, 0.3) is 0 Å². The average molecular weight is 286 g/mol. The van der Waals surface area contributed by atoms with Crippen molar-refractivity contribution in [2.24, 2.45) is 5.14 Å². The van der Waals surface area contributed by atoms with Gasteiger partial charge in [0.1, 0.15) is 0 Å². The molecular formula is C12H18N2O2S2. The molecule has 0 radical (unpaired) electrons. The second-order valence-electron chi connectivity index (χ2n) is 4.54. The number of nitrogens with two attached hydrogens (primary N) is 1. The first-order valence-corrected chi connectivity index (χ1v) is 8.53. The molecule has 3 N–H and O–H groups in total. The molecule has 0 amide bonds. The maximum absolute atomic E-state index is 11.3. The van der Waals surface area contributed by atoms with E-state index in [4.69, 9.17) is 5.14 Å². The smallest absolute Gasteiger partial charge is 0.238 e. The van der Waals surface area contributed by atoms with Gasteiger partial charge in [0, 0.05) is 17.8 Å². The zero-order valence-electron chi connectivity index (χ0n) is 10.3. The Kier molecular flexibility index (Phi) is 4.32. The van der Waals surface area contributed by atoms with Crippen molar-refractivity contribution >= 4 is 21.8 Å². The number of hydrogen-bond acceptors (Lipinski definition) is 4. The van der Waals surface area contributed by atoms with Crippen LogP contribution in [-0.2, 0) is 16.6 Å². The molecule has 1 saturated heterocycles. The third kappa shape index (κ3) is 3.47. The van der Waals surface area contributed by atoms with Crippen molar-refractivity contribution < 1.29 is 8.42 Å². The molecule has 0 spiro atoms. The van der Waals surface area contributed by atoms with Gasteiger partial charge in [0.2, 0.25) is 10.0 Å². The minimum absolute atomic E-state index is 0.177. The Bertz CT molecular complexity index is 517. The van der Waals surface area contributed by atoms with E-state index in [-0.39, 0.29) is 4.90 Å². The minimum atomic E-state index is -3.61. The predicted octanol–water partition coefficient (Wildman–Crippen LogP) is 1.32. The Labute approximate surface area is 112 Å². The summed E-state index contributed by atoms with van der Waals surface area (Å²) in [5.41, 5.74) is 0.950. The van der Waals surface area contributed by atoms with Crippen molar-refractivity contribution in [2.45, 2.75) is 36.1 Å². The van der Waals surface area contributed by atoms with Gasteiger partial charge in [0.05, 0.1) is 4.90 Å². The molecule has 4 nitrogen and oxygen atoms in total. The number of hydrogen-bond donors (Lipinski definition) is 2. The normalized spacial score (nSPS) is 24.3. The fraction of sp³-hybridized carbons (Fsp3) is 0.500. The van der Waals surface area contributed by atoms with Crippen molar-refractivity contribution in [3.63, 3.8) is 0 Å². The Morgan fingerprint density at radius 1 is 1.50 bits per heavy atom. The van der Waals surface area contributed by atoms with Gasteiger partial charge < -0.3 is 5.32 Å². The fourth-order valence-corrected chi connectivity index (χ4v) is 3.89. The number of nitrogens with one attached hydrogen (secondary N) is 1. The van der Waals surface area contributed by atoms with Gasteiger partial charge >= 0.3 is 0 Å². The van der Waals surface area contributed by atoms with E-state index >= 15 is 0 Å². The zero-order chi connectivity index (χ0) is 13.2. The lowest BCUT2D eigenvalue weighted by Gasteiger charge is -2.16. The highest BCUT2D eigenvalue weighted by Gasteiger charge is 2.23. The Hall–Kier alpha value is -0.560. The number of benzene rings is 1. The van der Waals surface area contributed by atoms with Crippen LogP contribution in [0.4, 0.5) is 0 Å². The Balaban J connectivity index is 2.02. The third-order valence-electron chi connectivity index (χ3n) is 3.17. The number of thioether (sulfide) groups is 1. The van der Waals surface area contributed by atoms with Gasteiger partial charge in [-0.15, -0.1) is 0 Å². The van der Waals surface area contributed by atoms with Crippen molar-refractivity contribution in [1.82, 2.24) is 5.32 Å². The maximum atomic E-state index is 11.3. The molecule has 1 aromatic rings. The first-order valence-electron chi connectivity index (χ1n) is 5.93. The van der Waals surface area contributed by atoms with Crippen LogP contribution in [0.3, 0.4) is 0 Å². The molecule has 2 rings (SSSR count). The first-order chi connectivity index (χ1) is 8.47. The molecule has 18 heavy (non-hydrogen) atoms. The van der Waals surface area contributed by atoms with E-state index in [9.17, 15) is 8.42 Å². The largest absolute Gasteiger partial charge is 0.309 e. The Morgan fingerprint density at radius 2 is 2.28 bits per heavy atom. The highest BCUT2D eigenvalue weighted by atomic mass is 32.2. The summed E-state index contributed by atoms with van der Waals surface area (Å²) in [5, 5.41) is 9.20. The lowest BCUT2D eigenvalue weighted by molar-refractivity contribution is 0.512. The second-order valence-corrected chi connectivity index (χ2v) is 7.59. The van der Waals surface area contributed by atoms with E-state index in [1.165, 1.54) is 18.2 Å². The molecule has 0 bridgehead atoms. The monoisotopic (exact) mass is 286 g/mol.